The molecule has 0 aliphatic heterocycles. The summed E-state index contributed by atoms with van der Waals surface area (Å²) in [6, 6.07) is 3.55. The summed E-state index contributed by atoms with van der Waals surface area (Å²) >= 11 is 0. The molecule has 19 heavy (non-hydrogen) atoms. The summed E-state index contributed by atoms with van der Waals surface area (Å²) in [4.78, 5) is 12.1. The first-order valence-electron chi connectivity index (χ1n) is 6.37. The van der Waals surface area contributed by atoms with Crippen molar-refractivity contribution in [2.24, 2.45) is 5.41 Å². The lowest BCUT2D eigenvalue weighted by molar-refractivity contribution is 0.0824. The third-order valence-electron chi connectivity index (χ3n) is 3.97. The van der Waals surface area contributed by atoms with E-state index in [0.29, 0.717) is 0 Å². The van der Waals surface area contributed by atoms with Gasteiger partial charge in [0, 0.05) is 11.5 Å². The van der Waals surface area contributed by atoms with Crippen molar-refractivity contribution in [1.82, 2.24) is 5.32 Å². The molecule has 1 fully saturated rings. The number of rotatable bonds is 3. The topological polar surface area (TPSA) is 69.6 Å². The summed E-state index contributed by atoms with van der Waals surface area (Å²) in [6.45, 7) is 1.87. The Morgan fingerprint density at radius 3 is 2.95 bits per heavy atom. The largest absolute Gasteiger partial charge is 0.507 e. The van der Waals surface area contributed by atoms with Gasteiger partial charge in [-0.1, -0.05) is 19.4 Å². The molecule has 0 aromatic heterocycles. The molecule has 1 aromatic rings. The lowest BCUT2D eigenvalue weighted by Crippen LogP contribution is -2.45. The second kappa shape index (κ2) is 5.17. The van der Waals surface area contributed by atoms with Gasteiger partial charge in [0.1, 0.15) is 17.1 Å². The molecule has 0 saturated heterocycles. The molecule has 2 atom stereocenters. The zero-order chi connectivity index (χ0) is 14.0. The number of aromatic hydroxyl groups is 1. The molecule has 1 aliphatic rings. The lowest BCUT2D eigenvalue weighted by atomic mass is 9.85. The Bertz CT molecular complexity index is 471. The highest BCUT2D eigenvalue weighted by atomic mass is 19.1. The molecule has 0 spiro atoms. The van der Waals surface area contributed by atoms with E-state index in [-0.39, 0.29) is 29.4 Å². The van der Waals surface area contributed by atoms with Gasteiger partial charge in [-0.15, -0.1) is 0 Å². The number of hydrogen-bond acceptors (Lipinski definition) is 3. The van der Waals surface area contributed by atoms with E-state index in [0.717, 1.165) is 25.3 Å². The number of carbonyl (C=O) groups is 1. The van der Waals surface area contributed by atoms with Gasteiger partial charge in [-0.3, -0.25) is 4.79 Å². The van der Waals surface area contributed by atoms with Crippen molar-refractivity contribution in [2.75, 3.05) is 6.61 Å². The normalized spacial score (nSPS) is 26.4. The van der Waals surface area contributed by atoms with Crippen molar-refractivity contribution in [3.05, 3.63) is 29.6 Å². The first kappa shape index (κ1) is 13.8. The molecule has 1 aromatic carbocycles. The van der Waals surface area contributed by atoms with Gasteiger partial charge in [0.15, 0.2) is 0 Å². The summed E-state index contributed by atoms with van der Waals surface area (Å²) in [5, 5.41) is 21.7. The highest BCUT2D eigenvalue weighted by Gasteiger charge is 2.39. The smallest absolute Gasteiger partial charge is 0.258 e. The van der Waals surface area contributed by atoms with Gasteiger partial charge in [-0.25, -0.2) is 4.39 Å². The Kier molecular flexibility index (Phi) is 3.75. The quantitative estimate of drug-likeness (QED) is 0.782. The molecule has 0 radical (unpaired) electrons. The van der Waals surface area contributed by atoms with E-state index in [1.165, 1.54) is 12.1 Å². The zero-order valence-electron chi connectivity index (χ0n) is 10.8. The molecule has 5 heteroatoms. The first-order chi connectivity index (χ1) is 8.98. The second-order valence-electron chi connectivity index (χ2n) is 5.36. The number of halogens is 1. The number of aliphatic hydroxyl groups is 1. The van der Waals surface area contributed by atoms with E-state index >= 15 is 0 Å². The van der Waals surface area contributed by atoms with Gasteiger partial charge in [0.05, 0.1) is 6.61 Å². The van der Waals surface area contributed by atoms with E-state index in [2.05, 4.69) is 5.32 Å². The summed E-state index contributed by atoms with van der Waals surface area (Å²) in [6.07, 6.45) is 2.47. The zero-order valence-corrected chi connectivity index (χ0v) is 10.8. The van der Waals surface area contributed by atoms with Gasteiger partial charge in [-0.2, -0.15) is 0 Å². The van der Waals surface area contributed by atoms with Crippen LogP contribution in [0.5, 0.6) is 5.75 Å². The average Bonchev–Trinajstić information content (AvgIpc) is 2.71. The van der Waals surface area contributed by atoms with Gasteiger partial charge in [0.2, 0.25) is 0 Å². The van der Waals surface area contributed by atoms with Crippen molar-refractivity contribution in [1.29, 1.82) is 0 Å². The van der Waals surface area contributed by atoms with Crippen molar-refractivity contribution in [3.63, 3.8) is 0 Å². The minimum absolute atomic E-state index is 0.0266. The first-order valence-corrected chi connectivity index (χ1v) is 6.37. The van der Waals surface area contributed by atoms with E-state index in [1.54, 1.807) is 0 Å². The Hall–Kier alpha value is -1.62. The van der Waals surface area contributed by atoms with Crippen molar-refractivity contribution in [3.8, 4) is 5.75 Å². The third-order valence-corrected chi connectivity index (χ3v) is 3.97. The number of nitrogens with one attached hydrogen (secondary N) is 1. The molecular weight excluding hydrogens is 249 g/mol. The van der Waals surface area contributed by atoms with Crippen molar-refractivity contribution >= 4 is 5.91 Å². The van der Waals surface area contributed by atoms with Crippen LogP contribution in [-0.2, 0) is 0 Å². The highest BCUT2D eigenvalue weighted by Crippen LogP contribution is 2.37. The number of phenolic OH excluding ortho intramolecular Hbond substituents is 1. The third kappa shape index (κ3) is 2.56. The van der Waals surface area contributed by atoms with Crippen LogP contribution < -0.4 is 5.32 Å². The molecule has 1 amide bonds. The standard InChI is InChI=1S/C14H18FNO3/c1-14(8-17)7-3-6-11(14)16-13(19)12-9(15)4-2-5-10(12)18/h2,4-5,11,17-18H,3,6-8H2,1H3,(H,16,19)/t11-,14+/m1/s1. The van der Waals surface area contributed by atoms with E-state index in [9.17, 15) is 19.4 Å². The molecule has 2 rings (SSSR count). The predicted molar refractivity (Wildman–Crippen MR) is 68.4 cm³/mol. The van der Waals surface area contributed by atoms with Crippen LogP contribution in [0, 0.1) is 11.2 Å². The van der Waals surface area contributed by atoms with Crippen molar-refractivity contribution in [2.45, 2.75) is 32.2 Å². The molecule has 4 nitrogen and oxygen atoms in total. The number of amides is 1. The summed E-state index contributed by atoms with van der Waals surface area (Å²) in [5.41, 5.74) is -0.717. The molecular formula is C14H18FNO3. The molecule has 1 saturated carbocycles. The van der Waals surface area contributed by atoms with Gasteiger partial charge in [0.25, 0.3) is 5.91 Å². The maximum atomic E-state index is 13.6. The lowest BCUT2D eigenvalue weighted by Gasteiger charge is -2.30. The van der Waals surface area contributed by atoms with Crippen LogP contribution in [0.25, 0.3) is 0 Å². The molecule has 104 valence electrons. The van der Waals surface area contributed by atoms with Gasteiger partial charge in [-0.05, 0) is 25.0 Å². The van der Waals surface area contributed by atoms with Crippen LogP contribution in [-0.4, -0.2) is 28.8 Å². The maximum absolute atomic E-state index is 13.6. The SMILES string of the molecule is C[C@@]1(CO)CCC[C@H]1NC(=O)c1c(O)cccc1F. The second-order valence-corrected chi connectivity index (χ2v) is 5.36. The monoisotopic (exact) mass is 267 g/mol. The Labute approximate surface area is 111 Å². The van der Waals surface area contributed by atoms with Crippen LogP contribution in [0.4, 0.5) is 4.39 Å². The minimum Gasteiger partial charge on any atom is -0.507 e. The Morgan fingerprint density at radius 1 is 1.58 bits per heavy atom. The van der Waals surface area contributed by atoms with Crippen LogP contribution in [0.15, 0.2) is 18.2 Å². The fraction of sp³-hybridized carbons (Fsp3) is 0.500. The fourth-order valence-electron chi connectivity index (χ4n) is 2.64. The molecule has 1 aliphatic carbocycles. The van der Waals surface area contributed by atoms with Crippen LogP contribution in [0.3, 0.4) is 0 Å². The van der Waals surface area contributed by atoms with E-state index in [4.69, 9.17) is 0 Å². The van der Waals surface area contributed by atoms with E-state index < -0.39 is 11.7 Å². The van der Waals surface area contributed by atoms with Crippen LogP contribution in [0.1, 0.15) is 36.5 Å². The minimum atomic E-state index is -0.749. The Balaban J connectivity index is 2.18. The number of carbonyl (C=O) groups excluding carboxylic acids is 1. The van der Waals surface area contributed by atoms with Crippen molar-refractivity contribution < 1.29 is 19.4 Å². The molecule has 3 N–H and O–H groups in total. The van der Waals surface area contributed by atoms with Gasteiger partial charge < -0.3 is 15.5 Å². The Morgan fingerprint density at radius 2 is 2.32 bits per heavy atom. The van der Waals surface area contributed by atoms with Crippen LogP contribution in [0.2, 0.25) is 0 Å². The summed E-state index contributed by atoms with van der Waals surface area (Å²) < 4.78 is 13.6. The molecule has 0 bridgehead atoms. The number of aliphatic hydroxyl groups excluding tert-OH is 1. The molecule has 0 heterocycles. The summed E-state index contributed by atoms with van der Waals surface area (Å²) in [7, 11) is 0. The predicted octanol–water partition coefficient (Wildman–Crippen LogP) is 1.81. The van der Waals surface area contributed by atoms with Crippen LogP contribution >= 0.6 is 0 Å². The maximum Gasteiger partial charge on any atom is 0.258 e. The highest BCUT2D eigenvalue weighted by molar-refractivity contribution is 5.97. The number of hydrogen-bond donors (Lipinski definition) is 3. The molecule has 0 unspecified atom stereocenters. The van der Waals surface area contributed by atoms with Gasteiger partial charge >= 0.3 is 0 Å². The van der Waals surface area contributed by atoms with E-state index in [1.807, 2.05) is 6.92 Å². The number of phenols is 1. The fourth-order valence-corrected chi connectivity index (χ4v) is 2.64. The summed E-state index contributed by atoms with van der Waals surface area (Å²) in [5.74, 6) is -1.76. The number of benzene rings is 1. The average molecular weight is 267 g/mol.